The lowest BCUT2D eigenvalue weighted by Gasteiger charge is -2.05. The largest absolute Gasteiger partial charge is 0.369 e. The van der Waals surface area contributed by atoms with Crippen LogP contribution in [0.2, 0.25) is 0 Å². The van der Waals surface area contributed by atoms with E-state index in [4.69, 9.17) is 0 Å². The minimum absolute atomic E-state index is 0.259. The zero-order valence-electron chi connectivity index (χ0n) is 11.6. The number of nitrogens with one attached hydrogen (secondary N) is 2. The van der Waals surface area contributed by atoms with Gasteiger partial charge in [-0.15, -0.1) is 0 Å². The lowest BCUT2D eigenvalue weighted by Crippen LogP contribution is -2.24. The van der Waals surface area contributed by atoms with E-state index in [1.54, 1.807) is 10.9 Å². The zero-order chi connectivity index (χ0) is 14.4. The van der Waals surface area contributed by atoms with E-state index >= 15 is 0 Å². The van der Waals surface area contributed by atoms with Crippen LogP contribution in [-0.2, 0) is 13.6 Å². The molecule has 2 aromatic rings. The molecule has 0 saturated carbocycles. The number of carbonyl (C=O) groups excluding carboxylic acids is 1. The number of aromatic nitrogens is 4. The molecular weight excluding hydrogens is 256 g/mol. The van der Waals surface area contributed by atoms with Gasteiger partial charge in [0.25, 0.3) is 5.91 Å². The number of carbonyl (C=O) groups is 1. The number of nitrogens with zero attached hydrogens (tertiary/aromatic N) is 4. The van der Waals surface area contributed by atoms with E-state index in [1.807, 2.05) is 19.3 Å². The Morgan fingerprint density at radius 1 is 1.35 bits per heavy atom. The molecule has 0 aliphatic rings. The molecule has 7 heteroatoms. The number of anilines is 1. The van der Waals surface area contributed by atoms with Crippen molar-refractivity contribution in [3.63, 3.8) is 0 Å². The van der Waals surface area contributed by atoms with Crippen molar-refractivity contribution in [2.75, 3.05) is 11.9 Å². The average molecular weight is 274 g/mol. The van der Waals surface area contributed by atoms with Crippen molar-refractivity contribution in [2.45, 2.75) is 19.9 Å². The van der Waals surface area contributed by atoms with E-state index < -0.39 is 0 Å². The van der Waals surface area contributed by atoms with Crippen molar-refractivity contribution >= 4 is 11.7 Å². The van der Waals surface area contributed by atoms with Crippen molar-refractivity contribution < 1.29 is 4.79 Å². The Labute approximate surface area is 117 Å². The minimum Gasteiger partial charge on any atom is -0.369 e. The van der Waals surface area contributed by atoms with Crippen LogP contribution in [0.1, 0.15) is 29.5 Å². The monoisotopic (exact) mass is 274 g/mol. The third kappa shape index (κ3) is 3.78. The molecule has 2 rings (SSSR count). The second-order valence-electron chi connectivity index (χ2n) is 4.38. The summed E-state index contributed by atoms with van der Waals surface area (Å²) in [6, 6.07) is 1.85. The number of hydrogen-bond acceptors (Lipinski definition) is 5. The van der Waals surface area contributed by atoms with Gasteiger partial charge in [-0.2, -0.15) is 5.10 Å². The number of hydrogen-bond donors (Lipinski definition) is 2. The highest BCUT2D eigenvalue weighted by molar-refractivity contribution is 5.91. The molecule has 106 valence electrons. The van der Waals surface area contributed by atoms with Gasteiger partial charge in [0.1, 0.15) is 11.5 Å². The second-order valence-corrected chi connectivity index (χ2v) is 4.38. The molecule has 0 spiro atoms. The summed E-state index contributed by atoms with van der Waals surface area (Å²) in [5.74, 6) is 0.415. The molecule has 2 heterocycles. The SMILES string of the molecule is CCCNc1cnc(C(=O)NCc2ccn(C)n2)cn1. The van der Waals surface area contributed by atoms with E-state index in [0.717, 1.165) is 18.7 Å². The molecule has 0 aliphatic carbocycles. The maximum absolute atomic E-state index is 11.9. The van der Waals surface area contributed by atoms with Crippen LogP contribution in [0.5, 0.6) is 0 Å². The van der Waals surface area contributed by atoms with Crippen molar-refractivity contribution in [1.29, 1.82) is 0 Å². The third-order valence-corrected chi connectivity index (χ3v) is 2.64. The van der Waals surface area contributed by atoms with Gasteiger partial charge in [0.05, 0.1) is 24.6 Å². The lowest BCUT2D eigenvalue weighted by molar-refractivity contribution is 0.0945. The first kappa shape index (κ1) is 14.0. The van der Waals surface area contributed by atoms with Gasteiger partial charge in [-0.3, -0.25) is 9.48 Å². The van der Waals surface area contributed by atoms with Gasteiger partial charge in [-0.1, -0.05) is 6.92 Å². The molecule has 20 heavy (non-hydrogen) atoms. The van der Waals surface area contributed by atoms with Gasteiger partial charge in [-0.05, 0) is 12.5 Å². The summed E-state index contributed by atoms with van der Waals surface area (Å²) >= 11 is 0. The van der Waals surface area contributed by atoms with Crippen LogP contribution < -0.4 is 10.6 Å². The summed E-state index contributed by atoms with van der Waals surface area (Å²) < 4.78 is 1.69. The van der Waals surface area contributed by atoms with Crippen LogP contribution in [0.15, 0.2) is 24.7 Å². The van der Waals surface area contributed by atoms with E-state index in [2.05, 4.69) is 32.6 Å². The summed E-state index contributed by atoms with van der Waals surface area (Å²) in [6.07, 6.45) is 5.86. The molecule has 1 amide bonds. The molecule has 0 atom stereocenters. The van der Waals surface area contributed by atoms with Crippen LogP contribution >= 0.6 is 0 Å². The van der Waals surface area contributed by atoms with Crippen molar-refractivity contribution in [2.24, 2.45) is 7.05 Å². The molecular formula is C13H18N6O. The topological polar surface area (TPSA) is 84.7 Å². The van der Waals surface area contributed by atoms with Crippen molar-refractivity contribution in [3.05, 3.63) is 36.0 Å². The van der Waals surface area contributed by atoms with Gasteiger partial charge >= 0.3 is 0 Å². The Balaban J connectivity index is 1.88. The maximum atomic E-state index is 11.9. The fourth-order valence-electron chi connectivity index (χ4n) is 1.61. The minimum atomic E-state index is -0.259. The first-order chi connectivity index (χ1) is 9.69. The predicted molar refractivity (Wildman–Crippen MR) is 75.2 cm³/mol. The molecule has 0 bridgehead atoms. The lowest BCUT2D eigenvalue weighted by atomic mass is 10.4. The summed E-state index contributed by atoms with van der Waals surface area (Å²) in [5, 5.41) is 10.0. The van der Waals surface area contributed by atoms with Crippen LogP contribution in [-0.4, -0.2) is 32.2 Å². The number of aryl methyl sites for hydroxylation is 1. The molecule has 7 nitrogen and oxygen atoms in total. The van der Waals surface area contributed by atoms with Crippen molar-refractivity contribution in [1.82, 2.24) is 25.1 Å². The molecule has 0 saturated heterocycles. The molecule has 0 fully saturated rings. The third-order valence-electron chi connectivity index (χ3n) is 2.64. The molecule has 0 aliphatic heterocycles. The number of rotatable bonds is 6. The summed E-state index contributed by atoms with van der Waals surface area (Å²) in [6.45, 7) is 3.27. The summed E-state index contributed by atoms with van der Waals surface area (Å²) in [4.78, 5) is 20.1. The average Bonchev–Trinajstić information content (AvgIpc) is 2.89. The van der Waals surface area contributed by atoms with Crippen LogP contribution in [0.4, 0.5) is 5.82 Å². The second kappa shape index (κ2) is 6.65. The molecule has 0 radical (unpaired) electrons. The van der Waals surface area contributed by atoms with Crippen LogP contribution in [0.25, 0.3) is 0 Å². The quantitative estimate of drug-likeness (QED) is 0.819. The van der Waals surface area contributed by atoms with E-state index in [9.17, 15) is 4.79 Å². The van der Waals surface area contributed by atoms with E-state index in [0.29, 0.717) is 18.1 Å². The summed E-state index contributed by atoms with van der Waals surface area (Å²) in [7, 11) is 1.83. The Hall–Kier alpha value is -2.44. The van der Waals surface area contributed by atoms with Crippen LogP contribution in [0, 0.1) is 0 Å². The Bertz CT molecular complexity index is 562. The molecule has 2 aromatic heterocycles. The van der Waals surface area contributed by atoms with E-state index in [-0.39, 0.29) is 5.91 Å². The molecule has 0 aromatic carbocycles. The predicted octanol–water partition coefficient (Wildman–Crippen LogP) is 0.962. The fraction of sp³-hybridized carbons (Fsp3) is 0.385. The maximum Gasteiger partial charge on any atom is 0.271 e. The smallest absolute Gasteiger partial charge is 0.271 e. The van der Waals surface area contributed by atoms with Gasteiger partial charge in [0, 0.05) is 19.8 Å². The van der Waals surface area contributed by atoms with Crippen molar-refractivity contribution in [3.8, 4) is 0 Å². The highest BCUT2D eigenvalue weighted by Crippen LogP contribution is 2.01. The Morgan fingerprint density at radius 3 is 2.80 bits per heavy atom. The van der Waals surface area contributed by atoms with Gasteiger partial charge < -0.3 is 10.6 Å². The Kier molecular flexibility index (Phi) is 4.65. The zero-order valence-corrected chi connectivity index (χ0v) is 11.6. The molecule has 0 unspecified atom stereocenters. The normalized spacial score (nSPS) is 10.3. The molecule has 2 N–H and O–H groups in total. The van der Waals surface area contributed by atoms with Gasteiger partial charge in [0.15, 0.2) is 0 Å². The highest BCUT2D eigenvalue weighted by Gasteiger charge is 2.08. The first-order valence-electron chi connectivity index (χ1n) is 6.51. The van der Waals surface area contributed by atoms with Gasteiger partial charge in [-0.25, -0.2) is 9.97 Å². The van der Waals surface area contributed by atoms with Crippen LogP contribution in [0.3, 0.4) is 0 Å². The highest BCUT2D eigenvalue weighted by atomic mass is 16.1. The fourth-order valence-corrected chi connectivity index (χ4v) is 1.61. The number of amides is 1. The summed E-state index contributed by atoms with van der Waals surface area (Å²) in [5.41, 5.74) is 1.10. The first-order valence-corrected chi connectivity index (χ1v) is 6.51. The Morgan fingerprint density at radius 2 is 2.20 bits per heavy atom. The standard InChI is InChI=1S/C13H18N6O/c1-3-5-14-12-9-15-11(8-16-12)13(20)17-7-10-4-6-19(2)18-10/h4,6,8-9H,3,5,7H2,1-2H3,(H,14,16)(H,17,20). The van der Waals surface area contributed by atoms with Gasteiger partial charge in [0.2, 0.25) is 0 Å². The van der Waals surface area contributed by atoms with E-state index in [1.165, 1.54) is 6.20 Å².